The minimum absolute atomic E-state index is 0.700. The molecule has 0 heterocycles. The lowest BCUT2D eigenvalue weighted by Gasteiger charge is -2.39. The van der Waals surface area contributed by atoms with Gasteiger partial charge in [-0.1, -0.05) is 18.2 Å². The third-order valence-corrected chi connectivity index (χ3v) is 4.73. The Hall–Kier alpha value is -1.35. The molecule has 1 aromatic carbocycles. The first kappa shape index (κ1) is 19.7. The van der Waals surface area contributed by atoms with Crippen LogP contribution < -0.4 is 4.72 Å². The van der Waals surface area contributed by atoms with E-state index in [4.69, 9.17) is 0 Å². The Morgan fingerprint density at radius 1 is 1.17 bits per heavy atom. The number of hydrogen-bond donors (Lipinski definition) is 1. The Morgan fingerprint density at radius 2 is 1.70 bits per heavy atom. The number of carbonyl (C=O) groups excluding carboxylic acids is 1. The number of rotatable bonds is 6. The molecule has 3 nitrogen and oxygen atoms in total. The van der Waals surface area contributed by atoms with Crippen molar-refractivity contribution in [1.29, 1.82) is 0 Å². The van der Waals surface area contributed by atoms with Crippen molar-refractivity contribution in [3.05, 3.63) is 35.6 Å². The van der Waals surface area contributed by atoms with Gasteiger partial charge in [0.1, 0.15) is 5.82 Å². The smallest absolute Gasteiger partial charge is 0.297 e. The molecule has 130 valence electrons. The van der Waals surface area contributed by atoms with Crippen molar-refractivity contribution in [3.8, 4) is 0 Å². The van der Waals surface area contributed by atoms with Gasteiger partial charge in [0, 0.05) is 5.56 Å². The quantitative estimate of drug-likeness (QED) is 0.628. The number of nitrogens with one attached hydrogen (secondary N) is 1. The maximum Gasteiger partial charge on any atom is 0.330 e. The zero-order chi connectivity index (χ0) is 18.1. The average molecular weight is 357 g/mol. The molecular formula is C14H16F5NO2S. The molecule has 0 aliphatic carbocycles. The molecule has 0 saturated carbocycles. The van der Waals surface area contributed by atoms with E-state index in [1.54, 1.807) is 4.72 Å². The number of hydrogen-bond acceptors (Lipinski definition) is 2. The van der Waals surface area contributed by atoms with Crippen molar-refractivity contribution >= 4 is 17.3 Å². The Balaban J connectivity index is 3.67. The van der Waals surface area contributed by atoms with E-state index in [0.717, 1.165) is 12.1 Å². The van der Waals surface area contributed by atoms with Crippen molar-refractivity contribution in [2.24, 2.45) is 0 Å². The lowest BCUT2D eigenvalue weighted by molar-refractivity contribution is -0.161. The molecule has 0 amide bonds. The monoisotopic (exact) mass is 357 g/mol. The fourth-order valence-corrected chi connectivity index (χ4v) is 2.72. The van der Waals surface area contributed by atoms with Crippen LogP contribution in [-0.2, 0) is 21.3 Å². The molecule has 1 rings (SSSR count). The normalized spacial score (nSPS) is 16.9. The van der Waals surface area contributed by atoms with Crippen molar-refractivity contribution < 1.29 is 31.0 Å². The highest BCUT2D eigenvalue weighted by molar-refractivity contribution is 7.84. The van der Waals surface area contributed by atoms with Gasteiger partial charge >= 0.3 is 5.92 Å². The molecule has 2 atom stereocenters. The fraction of sp³-hybridized carbons (Fsp3) is 0.500. The lowest BCUT2D eigenvalue weighted by atomic mass is 9.85. The summed E-state index contributed by atoms with van der Waals surface area (Å²) in [7, 11) is -2.42. The highest BCUT2D eigenvalue weighted by Gasteiger charge is 2.63. The number of benzene rings is 1. The third kappa shape index (κ3) is 3.60. The Kier molecular flexibility index (Phi) is 5.69. The molecule has 0 bridgehead atoms. The van der Waals surface area contributed by atoms with Crippen molar-refractivity contribution in [2.45, 2.75) is 43.4 Å². The van der Waals surface area contributed by atoms with Gasteiger partial charge in [-0.25, -0.2) is 22.1 Å². The van der Waals surface area contributed by atoms with Crippen LogP contribution in [0.25, 0.3) is 0 Å². The number of alkyl halides is 4. The maximum atomic E-state index is 14.1. The second kappa shape index (κ2) is 6.64. The van der Waals surface area contributed by atoms with E-state index in [9.17, 15) is 31.0 Å². The topological polar surface area (TPSA) is 46.2 Å². The second-order valence-electron chi connectivity index (χ2n) is 5.81. The summed E-state index contributed by atoms with van der Waals surface area (Å²) in [5, 5.41) is 0. The number of aldehydes is 1. The standard InChI is InChI=1S/C14H16F5NO2S/c1-12(2,3)23(22)20-14(11(16)17,13(18,19)8-21)9-6-4-5-7-10(9)15/h4-8,11,20H,1-3H3/t14-,23-/m0/s1. The summed E-state index contributed by atoms with van der Waals surface area (Å²) in [6.07, 6.45) is -4.91. The Morgan fingerprint density at radius 3 is 2.09 bits per heavy atom. The summed E-state index contributed by atoms with van der Waals surface area (Å²) < 4.78 is 82.0. The van der Waals surface area contributed by atoms with Crippen LogP contribution in [0.2, 0.25) is 0 Å². The predicted molar refractivity (Wildman–Crippen MR) is 76.1 cm³/mol. The van der Waals surface area contributed by atoms with Gasteiger partial charge in [-0.15, -0.1) is 0 Å². The molecule has 0 spiro atoms. The van der Waals surface area contributed by atoms with Crippen molar-refractivity contribution in [2.75, 3.05) is 0 Å². The second-order valence-corrected chi connectivity index (χ2v) is 7.78. The minimum Gasteiger partial charge on any atom is -0.297 e. The predicted octanol–water partition coefficient (Wildman–Crippen LogP) is 3.17. The summed E-state index contributed by atoms with van der Waals surface area (Å²) in [6.45, 7) is 4.06. The van der Waals surface area contributed by atoms with Gasteiger partial charge in [-0.2, -0.15) is 8.78 Å². The SMILES string of the molecule is CC(C)(C)[S@](=O)N[C@@](c1ccccc1F)(C(F)F)C(F)(F)C=O. The number of carbonyl (C=O) groups is 1. The molecule has 0 aromatic heterocycles. The van der Waals surface area contributed by atoms with Crippen LogP contribution in [0.15, 0.2) is 24.3 Å². The highest BCUT2D eigenvalue weighted by Crippen LogP contribution is 2.43. The first-order valence-electron chi connectivity index (χ1n) is 6.47. The van der Waals surface area contributed by atoms with E-state index in [2.05, 4.69) is 0 Å². The Labute approximate surface area is 132 Å². The van der Waals surface area contributed by atoms with Gasteiger partial charge in [0.15, 0.2) is 11.8 Å². The molecule has 0 aliphatic rings. The van der Waals surface area contributed by atoms with E-state index in [0.29, 0.717) is 12.1 Å². The molecule has 23 heavy (non-hydrogen) atoms. The first-order chi connectivity index (χ1) is 10.4. The summed E-state index contributed by atoms with van der Waals surface area (Å²) in [5.74, 6) is -6.07. The van der Waals surface area contributed by atoms with Gasteiger partial charge in [0.05, 0.1) is 15.7 Å². The molecular weight excluding hydrogens is 341 g/mol. The van der Waals surface area contributed by atoms with Gasteiger partial charge in [-0.3, -0.25) is 4.79 Å². The zero-order valence-electron chi connectivity index (χ0n) is 12.6. The Bertz CT molecular complexity index is 603. The maximum absolute atomic E-state index is 14.1. The van der Waals surface area contributed by atoms with E-state index >= 15 is 0 Å². The van der Waals surface area contributed by atoms with Gasteiger partial charge < -0.3 is 0 Å². The van der Waals surface area contributed by atoms with Crippen LogP contribution in [0.5, 0.6) is 0 Å². The van der Waals surface area contributed by atoms with Crippen molar-refractivity contribution in [1.82, 2.24) is 4.72 Å². The molecule has 0 fully saturated rings. The van der Waals surface area contributed by atoms with E-state index in [-0.39, 0.29) is 0 Å². The van der Waals surface area contributed by atoms with Crippen molar-refractivity contribution in [3.63, 3.8) is 0 Å². The molecule has 0 aliphatic heterocycles. The van der Waals surface area contributed by atoms with E-state index in [1.807, 2.05) is 0 Å². The first-order valence-corrected chi connectivity index (χ1v) is 7.62. The summed E-state index contributed by atoms with van der Waals surface area (Å²) >= 11 is 0. The van der Waals surface area contributed by atoms with Crippen LogP contribution in [0.1, 0.15) is 26.3 Å². The summed E-state index contributed by atoms with van der Waals surface area (Å²) in [6, 6.07) is 3.59. The van der Waals surface area contributed by atoms with Crippen LogP contribution in [0, 0.1) is 5.82 Å². The minimum atomic E-state index is -4.70. The fourth-order valence-electron chi connectivity index (χ4n) is 1.78. The molecule has 0 saturated heterocycles. The number of halogens is 5. The van der Waals surface area contributed by atoms with Crippen LogP contribution >= 0.6 is 0 Å². The zero-order valence-corrected chi connectivity index (χ0v) is 13.4. The third-order valence-electron chi connectivity index (χ3n) is 3.11. The van der Waals surface area contributed by atoms with E-state index in [1.165, 1.54) is 20.8 Å². The van der Waals surface area contributed by atoms with Gasteiger partial charge in [0.25, 0.3) is 6.43 Å². The summed E-state index contributed by atoms with van der Waals surface area (Å²) in [5.41, 5.74) is -4.89. The van der Waals surface area contributed by atoms with Crippen LogP contribution in [-0.4, -0.2) is 27.6 Å². The molecule has 0 unspecified atom stereocenters. The summed E-state index contributed by atoms with van der Waals surface area (Å²) in [4.78, 5) is 10.7. The van der Waals surface area contributed by atoms with Gasteiger partial charge in [0.2, 0.25) is 0 Å². The molecule has 1 N–H and O–H groups in total. The molecule has 1 aromatic rings. The van der Waals surface area contributed by atoms with Crippen LogP contribution in [0.3, 0.4) is 0 Å². The van der Waals surface area contributed by atoms with E-state index < -0.39 is 51.3 Å². The van der Waals surface area contributed by atoms with Gasteiger partial charge in [-0.05, 0) is 26.8 Å². The largest absolute Gasteiger partial charge is 0.330 e. The van der Waals surface area contributed by atoms with Crippen LogP contribution in [0.4, 0.5) is 22.0 Å². The average Bonchev–Trinajstić information content (AvgIpc) is 2.43. The molecule has 0 radical (unpaired) electrons. The molecule has 9 heteroatoms. The lowest BCUT2D eigenvalue weighted by Crippen LogP contribution is -2.63. The highest BCUT2D eigenvalue weighted by atomic mass is 32.2.